The molecule has 3 aliphatic rings. The van der Waals surface area contributed by atoms with Crippen LogP contribution in [0.25, 0.3) is 20.8 Å². The lowest BCUT2D eigenvalue weighted by Crippen LogP contribution is -2.47. The first kappa shape index (κ1) is 27.1. The molecule has 12 heteroatoms. The Labute approximate surface area is 248 Å². The second kappa shape index (κ2) is 11.5. The maximum absolute atomic E-state index is 12.9. The molecular formula is C30H34N8O3S. The van der Waals surface area contributed by atoms with Crippen LogP contribution in [0.15, 0.2) is 42.6 Å². The summed E-state index contributed by atoms with van der Waals surface area (Å²) in [6.45, 7) is 6.01. The summed E-state index contributed by atoms with van der Waals surface area (Å²) in [4.78, 5) is 36.6. The Kier molecular flexibility index (Phi) is 7.45. The fourth-order valence-electron chi connectivity index (χ4n) is 6.22. The normalized spacial score (nSPS) is 22.1. The molecular weight excluding hydrogens is 552 g/mol. The van der Waals surface area contributed by atoms with Crippen molar-refractivity contribution in [3.63, 3.8) is 0 Å². The van der Waals surface area contributed by atoms with Crippen LogP contribution in [0.1, 0.15) is 35.3 Å². The molecule has 1 amide bonds. The maximum Gasteiger partial charge on any atom is 0.251 e. The predicted molar refractivity (Wildman–Crippen MR) is 162 cm³/mol. The molecule has 11 nitrogen and oxygen atoms in total. The molecule has 0 aliphatic carbocycles. The van der Waals surface area contributed by atoms with Crippen molar-refractivity contribution in [3.05, 3.63) is 53.9 Å². The molecule has 218 valence electrons. The van der Waals surface area contributed by atoms with Crippen LogP contribution in [0.4, 0.5) is 17.6 Å². The van der Waals surface area contributed by atoms with Gasteiger partial charge in [-0.05, 0) is 38.3 Å². The number of aliphatic hydroxyl groups is 1. The van der Waals surface area contributed by atoms with Gasteiger partial charge >= 0.3 is 0 Å². The predicted octanol–water partition coefficient (Wildman–Crippen LogP) is 3.36. The van der Waals surface area contributed by atoms with Gasteiger partial charge in [0.25, 0.3) is 5.91 Å². The fraction of sp³-hybridized carbons (Fsp3) is 0.433. The Morgan fingerprint density at radius 2 is 2.07 bits per heavy atom. The Balaban J connectivity index is 1.07. The third-order valence-electron chi connectivity index (χ3n) is 8.24. The summed E-state index contributed by atoms with van der Waals surface area (Å²) in [5.41, 5.74) is 3.22. The van der Waals surface area contributed by atoms with E-state index >= 15 is 0 Å². The van der Waals surface area contributed by atoms with Crippen LogP contribution in [0, 0.1) is 6.92 Å². The molecule has 1 unspecified atom stereocenters. The van der Waals surface area contributed by atoms with Crippen molar-refractivity contribution in [3.8, 4) is 10.6 Å². The van der Waals surface area contributed by atoms with Crippen molar-refractivity contribution in [2.75, 3.05) is 49.7 Å². The number of pyridine rings is 1. The van der Waals surface area contributed by atoms with Gasteiger partial charge in [0.1, 0.15) is 16.6 Å². The Bertz CT molecular complexity index is 1610. The number of carbonyl (C=O) groups excluding carboxylic acids is 1. The summed E-state index contributed by atoms with van der Waals surface area (Å²) in [6.07, 6.45) is 4.80. The van der Waals surface area contributed by atoms with Crippen molar-refractivity contribution in [1.29, 1.82) is 0 Å². The Hall–Kier alpha value is -3.71. The number of fused-ring (bicyclic) bond motifs is 3. The van der Waals surface area contributed by atoms with E-state index in [2.05, 4.69) is 25.4 Å². The fourth-order valence-corrected chi connectivity index (χ4v) is 7.13. The van der Waals surface area contributed by atoms with Gasteiger partial charge in [0, 0.05) is 73.5 Å². The van der Waals surface area contributed by atoms with Gasteiger partial charge in [-0.25, -0.2) is 15.0 Å². The molecule has 0 spiro atoms. The van der Waals surface area contributed by atoms with Crippen molar-refractivity contribution in [1.82, 2.24) is 30.2 Å². The summed E-state index contributed by atoms with van der Waals surface area (Å²) in [6, 6.07) is 12.3. The van der Waals surface area contributed by atoms with Crippen LogP contribution in [-0.2, 0) is 4.74 Å². The number of benzene rings is 1. The molecule has 3 saturated heterocycles. The lowest BCUT2D eigenvalue weighted by molar-refractivity contribution is 0.0624. The number of rotatable bonds is 8. The van der Waals surface area contributed by atoms with Crippen molar-refractivity contribution in [2.45, 2.75) is 44.3 Å². The minimum atomic E-state index is -0.0922. The lowest BCUT2D eigenvalue weighted by Gasteiger charge is -2.34. The number of hydrogen-bond acceptors (Lipinski definition) is 11. The molecule has 3 aromatic heterocycles. The van der Waals surface area contributed by atoms with E-state index in [-0.39, 0.29) is 18.6 Å². The molecule has 0 saturated carbocycles. The van der Waals surface area contributed by atoms with Gasteiger partial charge in [-0.1, -0.05) is 12.1 Å². The van der Waals surface area contributed by atoms with Crippen LogP contribution >= 0.6 is 11.3 Å². The molecule has 3 atom stereocenters. The molecule has 3 aliphatic heterocycles. The molecule has 7 rings (SSSR count). The van der Waals surface area contributed by atoms with E-state index in [1.807, 2.05) is 49.5 Å². The molecule has 2 bridgehead atoms. The van der Waals surface area contributed by atoms with Gasteiger partial charge < -0.3 is 25.4 Å². The van der Waals surface area contributed by atoms with E-state index in [1.54, 1.807) is 11.3 Å². The number of amides is 1. The number of thiazole rings is 1. The number of aromatic nitrogens is 4. The van der Waals surface area contributed by atoms with Gasteiger partial charge in [-0.15, -0.1) is 11.3 Å². The SMILES string of the molecule is Cc1cc(Nc2cc3nc(-c4cccc(C(=O)NC5CCCOC5)c4)sc3cn2)nc(N2C[C@@H]3C[C@H]2CN3CCO)n1. The van der Waals surface area contributed by atoms with E-state index in [1.165, 1.54) is 0 Å². The number of ether oxygens (including phenoxy) is 1. The highest BCUT2D eigenvalue weighted by atomic mass is 32.1. The quantitative estimate of drug-likeness (QED) is 0.283. The third kappa shape index (κ3) is 5.54. The first-order valence-electron chi connectivity index (χ1n) is 14.5. The van der Waals surface area contributed by atoms with Crippen LogP contribution in [0.3, 0.4) is 0 Å². The van der Waals surface area contributed by atoms with Gasteiger partial charge in [0.2, 0.25) is 5.95 Å². The second-order valence-electron chi connectivity index (χ2n) is 11.3. The van der Waals surface area contributed by atoms with Crippen molar-refractivity contribution >= 4 is 45.0 Å². The highest BCUT2D eigenvalue weighted by Crippen LogP contribution is 2.34. The van der Waals surface area contributed by atoms with E-state index in [4.69, 9.17) is 19.7 Å². The summed E-state index contributed by atoms with van der Waals surface area (Å²) < 4.78 is 6.46. The van der Waals surface area contributed by atoms with Gasteiger partial charge in [0.05, 0.1) is 29.5 Å². The average molecular weight is 587 g/mol. The number of β-amino-alcohol motifs (C(OH)–C–C–N with tert-alkyl or cyclic N) is 1. The van der Waals surface area contributed by atoms with E-state index in [9.17, 15) is 9.90 Å². The monoisotopic (exact) mass is 586 g/mol. The van der Waals surface area contributed by atoms with Crippen molar-refractivity contribution in [2.24, 2.45) is 0 Å². The molecule has 42 heavy (non-hydrogen) atoms. The maximum atomic E-state index is 12.9. The first-order chi connectivity index (χ1) is 20.5. The zero-order valence-corrected chi connectivity index (χ0v) is 24.3. The van der Waals surface area contributed by atoms with Crippen LogP contribution in [0.5, 0.6) is 0 Å². The zero-order chi connectivity index (χ0) is 28.6. The smallest absolute Gasteiger partial charge is 0.251 e. The molecule has 4 aromatic rings. The molecule has 3 N–H and O–H groups in total. The number of likely N-dealkylation sites (tertiary alicyclic amines) is 1. The van der Waals surface area contributed by atoms with Crippen LogP contribution in [0.2, 0.25) is 0 Å². The minimum Gasteiger partial charge on any atom is -0.395 e. The number of nitrogens with zero attached hydrogens (tertiary/aromatic N) is 6. The third-order valence-corrected chi connectivity index (χ3v) is 9.29. The van der Waals surface area contributed by atoms with Gasteiger partial charge in [-0.2, -0.15) is 4.98 Å². The standard InChI is InChI=1S/C30H34N8O3S/c1-18-10-27(36-30(32-18)38-16-22-12-23(38)15-37(22)7-8-39)35-26-13-24-25(14-31-26)42-29(34-24)20-5-2-4-19(11-20)28(40)33-21-6-3-9-41-17-21/h2,4-5,10-11,13-14,21-23,39H,3,6-9,12,15-17H2,1H3,(H,33,40)(H,31,32,35,36)/t21?,22-,23-/m0/s1. The van der Waals surface area contributed by atoms with Crippen molar-refractivity contribution < 1.29 is 14.6 Å². The summed E-state index contributed by atoms with van der Waals surface area (Å²) in [5, 5.41) is 16.6. The molecule has 0 radical (unpaired) electrons. The minimum absolute atomic E-state index is 0.0526. The summed E-state index contributed by atoms with van der Waals surface area (Å²) >= 11 is 1.55. The topological polar surface area (TPSA) is 129 Å². The number of anilines is 3. The Morgan fingerprint density at radius 1 is 1.14 bits per heavy atom. The number of aliphatic hydroxyl groups excluding tert-OH is 1. The number of aryl methyl sites for hydroxylation is 1. The summed E-state index contributed by atoms with van der Waals surface area (Å²) in [7, 11) is 0. The number of piperazine rings is 1. The van der Waals surface area contributed by atoms with Crippen LogP contribution in [-0.4, -0.2) is 93.4 Å². The molecule has 1 aromatic carbocycles. The van der Waals surface area contributed by atoms with Gasteiger partial charge in [-0.3, -0.25) is 9.69 Å². The largest absolute Gasteiger partial charge is 0.395 e. The van der Waals surface area contributed by atoms with E-state index < -0.39 is 0 Å². The number of nitrogens with one attached hydrogen (secondary N) is 2. The van der Waals surface area contributed by atoms with Gasteiger partial charge in [0.15, 0.2) is 0 Å². The average Bonchev–Trinajstić information content (AvgIpc) is 3.72. The molecule has 6 heterocycles. The van der Waals surface area contributed by atoms with Crippen LogP contribution < -0.4 is 15.5 Å². The number of hydrogen-bond donors (Lipinski definition) is 3. The van der Waals surface area contributed by atoms with E-state index in [0.717, 1.165) is 77.9 Å². The summed E-state index contributed by atoms with van der Waals surface area (Å²) in [5.74, 6) is 1.98. The highest BCUT2D eigenvalue weighted by molar-refractivity contribution is 7.21. The zero-order valence-electron chi connectivity index (χ0n) is 23.5. The van der Waals surface area contributed by atoms with E-state index in [0.29, 0.717) is 35.9 Å². The number of carbonyl (C=O) groups is 1. The Morgan fingerprint density at radius 3 is 2.88 bits per heavy atom. The lowest BCUT2D eigenvalue weighted by atomic mass is 10.1. The molecule has 3 fully saturated rings. The first-order valence-corrected chi connectivity index (χ1v) is 15.3. The highest BCUT2D eigenvalue weighted by Gasteiger charge is 2.44. The second-order valence-corrected chi connectivity index (χ2v) is 12.3.